The summed E-state index contributed by atoms with van der Waals surface area (Å²) in [4.78, 5) is 12.1. The maximum absolute atomic E-state index is 12.9. The summed E-state index contributed by atoms with van der Waals surface area (Å²) in [5.41, 5.74) is -5.39. The Morgan fingerprint density at radius 1 is 0.931 bits per heavy atom. The number of alkyl halides is 6. The molecular weight excluding hydrogens is 402 g/mol. The van der Waals surface area contributed by atoms with Crippen LogP contribution in [0.5, 0.6) is 0 Å². The summed E-state index contributed by atoms with van der Waals surface area (Å²) in [5.74, 6) is -0.417. The normalized spacial score (nSPS) is 13.7. The highest BCUT2D eigenvalue weighted by atomic mass is 19.4. The molecule has 1 atom stereocenters. The van der Waals surface area contributed by atoms with Gasteiger partial charge in [-0.1, -0.05) is 42.5 Å². The van der Waals surface area contributed by atoms with Gasteiger partial charge in [-0.3, -0.25) is 4.79 Å². The highest BCUT2D eigenvalue weighted by Crippen LogP contribution is 2.50. The van der Waals surface area contributed by atoms with Gasteiger partial charge in [-0.2, -0.15) is 26.3 Å². The average molecular weight is 420 g/mol. The molecule has 0 aromatic heterocycles. The fourth-order valence-electron chi connectivity index (χ4n) is 2.55. The predicted octanol–water partition coefficient (Wildman–Crippen LogP) is 4.12. The molecule has 0 saturated heterocycles. The highest BCUT2D eigenvalue weighted by molar-refractivity contribution is 5.84. The smallest absolute Gasteiger partial charge is 0.374 e. The van der Waals surface area contributed by atoms with E-state index < -0.39 is 35.5 Å². The number of carbonyl (C=O) groups is 1. The lowest BCUT2D eigenvalue weighted by molar-refractivity contribution is -0.376. The van der Waals surface area contributed by atoms with Gasteiger partial charge in [-0.15, -0.1) is 0 Å². The van der Waals surface area contributed by atoms with Gasteiger partial charge >= 0.3 is 12.4 Å². The fraction of sp³-hybridized carbons (Fsp3) is 0.316. The molecule has 0 bridgehead atoms. The van der Waals surface area contributed by atoms with E-state index in [2.05, 4.69) is 10.6 Å². The molecule has 0 fully saturated rings. The van der Waals surface area contributed by atoms with Crippen LogP contribution in [0.25, 0.3) is 0 Å². The third-order valence-corrected chi connectivity index (χ3v) is 4.21. The molecule has 158 valence electrons. The van der Waals surface area contributed by atoms with E-state index in [1.165, 1.54) is 6.92 Å². The summed E-state index contributed by atoms with van der Waals surface area (Å²) in [6.45, 7) is 1.74. The summed E-state index contributed by atoms with van der Waals surface area (Å²) in [7, 11) is 0. The average Bonchev–Trinajstić information content (AvgIpc) is 2.65. The van der Waals surface area contributed by atoms with E-state index in [0.29, 0.717) is 12.1 Å². The second-order valence-electron chi connectivity index (χ2n) is 6.35. The maximum Gasteiger partial charge on any atom is 0.430 e. The van der Waals surface area contributed by atoms with Crippen molar-refractivity contribution in [1.82, 2.24) is 5.32 Å². The number of amides is 1. The zero-order valence-corrected chi connectivity index (χ0v) is 15.1. The van der Waals surface area contributed by atoms with Gasteiger partial charge in [0.25, 0.3) is 5.60 Å². The molecule has 0 spiro atoms. The number of carbonyl (C=O) groups excluding carboxylic acids is 1. The number of nitrogens with one attached hydrogen (secondary N) is 2. The molecule has 0 radical (unpaired) electrons. The molecule has 1 unspecified atom stereocenters. The summed E-state index contributed by atoms with van der Waals surface area (Å²) in [6.07, 6.45) is -11.9. The molecule has 2 aromatic carbocycles. The third kappa shape index (κ3) is 5.00. The number of halogens is 6. The molecule has 0 aliphatic rings. The van der Waals surface area contributed by atoms with Gasteiger partial charge in [0.1, 0.15) is 6.04 Å². The zero-order chi connectivity index (χ0) is 21.9. The Labute approximate surface area is 162 Å². The van der Waals surface area contributed by atoms with E-state index in [9.17, 15) is 36.2 Å². The number of hydrogen-bond acceptors (Lipinski definition) is 3. The lowest BCUT2D eigenvalue weighted by Gasteiger charge is -2.32. The van der Waals surface area contributed by atoms with Crippen molar-refractivity contribution < 1.29 is 36.2 Å². The number of rotatable bonds is 6. The molecule has 0 aliphatic carbocycles. The summed E-state index contributed by atoms with van der Waals surface area (Å²) in [5, 5.41) is 14.7. The van der Waals surface area contributed by atoms with E-state index in [-0.39, 0.29) is 12.2 Å². The van der Waals surface area contributed by atoms with Crippen molar-refractivity contribution in [2.45, 2.75) is 37.5 Å². The molecule has 4 nitrogen and oxygen atoms in total. The number of benzene rings is 2. The van der Waals surface area contributed by atoms with E-state index in [0.717, 1.165) is 17.7 Å². The molecule has 0 heterocycles. The first-order valence-corrected chi connectivity index (χ1v) is 8.41. The van der Waals surface area contributed by atoms with Gasteiger partial charge in [0, 0.05) is 17.8 Å². The van der Waals surface area contributed by atoms with Crippen LogP contribution in [0.3, 0.4) is 0 Å². The minimum Gasteiger partial charge on any atom is -0.374 e. The first kappa shape index (κ1) is 22.5. The second kappa shape index (κ2) is 8.32. The molecular formula is C19H18F6N2O2. The Morgan fingerprint density at radius 2 is 1.45 bits per heavy atom. The zero-order valence-electron chi connectivity index (χ0n) is 15.1. The van der Waals surface area contributed by atoms with Gasteiger partial charge in [0.05, 0.1) is 0 Å². The van der Waals surface area contributed by atoms with Crippen molar-refractivity contribution in [2.24, 2.45) is 0 Å². The van der Waals surface area contributed by atoms with E-state index in [1.807, 2.05) is 6.07 Å². The van der Waals surface area contributed by atoms with E-state index in [1.54, 1.807) is 24.3 Å². The van der Waals surface area contributed by atoms with E-state index in [4.69, 9.17) is 0 Å². The first-order valence-electron chi connectivity index (χ1n) is 8.41. The number of aliphatic hydroxyl groups is 1. The minimum atomic E-state index is -5.95. The number of anilines is 1. The first-order chi connectivity index (χ1) is 13.4. The van der Waals surface area contributed by atoms with Crippen LogP contribution in [-0.4, -0.2) is 29.4 Å². The molecule has 2 rings (SSSR count). The standard InChI is InChI=1S/C19H18F6N2O2/c1-12(16(28)26-11-13-5-3-2-4-6-13)27-15-9-7-14(8-10-15)17(29,18(20,21)22)19(23,24)25/h2-10,12,27,29H,11H2,1H3,(H,26,28). The Hall–Kier alpha value is -2.75. The van der Waals surface area contributed by atoms with Crippen molar-refractivity contribution in [1.29, 1.82) is 0 Å². The minimum absolute atomic E-state index is 0.114. The van der Waals surface area contributed by atoms with Crippen LogP contribution in [0, 0.1) is 0 Å². The molecule has 3 N–H and O–H groups in total. The van der Waals surface area contributed by atoms with Crippen molar-refractivity contribution >= 4 is 11.6 Å². The lowest BCUT2D eigenvalue weighted by atomic mass is 9.92. The quantitative estimate of drug-likeness (QED) is 0.617. The fourth-order valence-corrected chi connectivity index (χ4v) is 2.55. The Kier molecular flexibility index (Phi) is 6.46. The van der Waals surface area contributed by atoms with Gasteiger partial charge in [0.15, 0.2) is 0 Å². The van der Waals surface area contributed by atoms with Crippen LogP contribution in [0.4, 0.5) is 32.0 Å². The third-order valence-electron chi connectivity index (χ3n) is 4.21. The summed E-state index contributed by atoms with van der Waals surface area (Å²) in [6, 6.07) is 11.1. The Morgan fingerprint density at radius 3 is 1.93 bits per heavy atom. The van der Waals surface area contributed by atoms with Crippen LogP contribution >= 0.6 is 0 Å². The summed E-state index contributed by atoms with van der Waals surface area (Å²) < 4.78 is 77.3. The van der Waals surface area contributed by atoms with Gasteiger partial charge in [-0.05, 0) is 24.6 Å². The SMILES string of the molecule is CC(Nc1ccc(C(O)(C(F)(F)F)C(F)(F)F)cc1)C(=O)NCc1ccccc1. The largest absolute Gasteiger partial charge is 0.430 e. The van der Waals surface area contributed by atoms with Gasteiger partial charge < -0.3 is 15.7 Å². The van der Waals surface area contributed by atoms with Crippen molar-refractivity contribution in [3.63, 3.8) is 0 Å². The Bertz CT molecular complexity index is 805. The molecule has 1 amide bonds. The highest BCUT2D eigenvalue weighted by Gasteiger charge is 2.71. The van der Waals surface area contributed by atoms with Crippen molar-refractivity contribution in [3.8, 4) is 0 Å². The van der Waals surface area contributed by atoms with Crippen molar-refractivity contribution in [2.75, 3.05) is 5.32 Å². The Balaban J connectivity index is 2.07. The monoisotopic (exact) mass is 420 g/mol. The van der Waals surface area contributed by atoms with E-state index >= 15 is 0 Å². The predicted molar refractivity (Wildman–Crippen MR) is 93.8 cm³/mol. The molecule has 10 heteroatoms. The molecule has 2 aromatic rings. The van der Waals surface area contributed by atoms with Crippen molar-refractivity contribution in [3.05, 3.63) is 65.7 Å². The van der Waals surface area contributed by atoms with Crippen LogP contribution < -0.4 is 10.6 Å². The van der Waals surface area contributed by atoms with Gasteiger partial charge in [-0.25, -0.2) is 0 Å². The molecule has 0 saturated carbocycles. The lowest BCUT2D eigenvalue weighted by Crippen LogP contribution is -2.53. The van der Waals surface area contributed by atoms with Crippen LogP contribution in [0.1, 0.15) is 18.1 Å². The van der Waals surface area contributed by atoms with Crippen LogP contribution in [0.2, 0.25) is 0 Å². The second-order valence-corrected chi connectivity index (χ2v) is 6.35. The van der Waals surface area contributed by atoms with Gasteiger partial charge in [0.2, 0.25) is 5.91 Å². The number of hydrogen-bond donors (Lipinski definition) is 3. The summed E-state index contributed by atoms with van der Waals surface area (Å²) >= 11 is 0. The van der Waals surface area contributed by atoms with Crippen LogP contribution in [-0.2, 0) is 16.9 Å². The molecule has 29 heavy (non-hydrogen) atoms. The van der Waals surface area contributed by atoms with Crippen LogP contribution in [0.15, 0.2) is 54.6 Å². The maximum atomic E-state index is 12.9. The molecule has 0 aliphatic heterocycles. The topological polar surface area (TPSA) is 61.4 Å².